The van der Waals surface area contributed by atoms with Gasteiger partial charge < -0.3 is 5.73 Å². The Balaban J connectivity index is 2.68. The summed E-state index contributed by atoms with van der Waals surface area (Å²) >= 11 is 1.14. The Morgan fingerprint density at radius 2 is 2.11 bits per heavy atom. The van der Waals surface area contributed by atoms with Gasteiger partial charge >= 0.3 is 0 Å². The number of nitrogen functional groups attached to an aromatic ring is 1. The fourth-order valence-corrected chi connectivity index (χ4v) is 2.94. The summed E-state index contributed by atoms with van der Waals surface area (Å²) in [5, 5.41) is 8.94. The van der Waals surface area contributed by atoms with Crippen LogP contribution in [0.25, 0.3) is 10.4 Å². The van der Waals surface area contributed by atoms with Crippen molar-refractivity contribution < 1.29 is 8.78 Å². The predicted octanol–water partition coefficient (Wildman–Crippen LogP) is 3.71. The van der Waals surface area contributed by atoms with Gasteiger partial charge in [0, 0.05) is 16.5 Å². The van der Waals surface area contributed by atoms with Gasteiger partial charge in [0.25, 0.3) is 0 Å². The lowest BCUT2D eigenvalue weighted by Crippen LogP contribution is -1.92. The number of anilines is 1. The van der Waals surface area contributed by atoms with Gasteiger partial charge in [-0.3, -0.25) is 0 Å². The third-order valence-electron chi connectivity index (χ3n) is 2.68. The Hall–Kier alpha value is -1.93. The molecule has 2 N–H and O–H groups in total. The highest BCUT2D eigenvalue weighted by atomic mass is 32.1. The van der Waals surface area contributed by atoms with E-state index in [1.165, 1.54) is 12.1 Å². The van der Waals surface area contributed by atoms with Gasteiger partial charge in [-0.05, 0) is 24.1 Å². The molecule has 0 aliphatic rings. The van der Waals surface area contributed by atoms with Crippen LogP contribution in [0, 0.1) is 23.0 Å². The predicted molar refractivity (Wildman–Crippen MR) is 68.2 cm³/mol. The van der Waals surface area contributed by atoms with Crippen molar-refractivity contribution in [1.82, 2.24) is 0 Å². The topological polar surface area (TPSA) is 49.8 Å². The summed E-state index contributed by atoms with van der Waals surface area (Å²) in [5.41, 5.74) is 7.25. The molecule has 0 fully saturated rings. The standard InChI is InChI=1S/C13H10F2N2S/c1-2-8-12(17)11(6-16)18-13(8)9-4-3-7(14)5-10(9)15/h3-5H,2,17H2,1H3. The van der Waals surface area contributed by atoms with Gasteiger partial charge in [-0.2, -0.15) is 5.26 Å². The molecule has 0 bridgehead atoms. The lowest BCUT2D eigenvalue weighted by atomic mass is 10.1. The Kier molecular flexibility index (Phi) is 3.30. The summed E-state index contributed by atoms with van der Waals surface area (Å²) in [6, 6.07) is 5.38. The molecule has 0 saturated carbocycles. The molecule has 5 heteroatoms. The maximum Gasteiger partial charge on any atom is 0.134 e. The monoisotopic (exact) mass is 264 g/mol. The molecule has 0 saturated heterocycles. The van der Waals surface area contributed by atoms with Gasteiger partial charge in [0.05, 0.1) is 5.69 Å². The van der Waals surface area contributed by atoms with Crippen LogP contribution in [0.3, 0.4) is 0 Å². The quantitative estimate of drug-likeness (QED) is 0.898. The molecule has 18 heavy (non-hydrogen) atoms. The van der Waals surface area contributed by atoms with Crippen molar-refractivity contribution in [2.75, 3.05) is 5.73 Å². The molecule has 92 valence electrons. The molecule has 0 radical (unpaired) electrons. The van der Waals surface area contributed by atoms with Crippen molar-refractivity contribution in [3.8, 4) is 16.5 Å². The second-order valence-electron chi connectivity index (χ2n) is 3.74. The maximum absolute atomic E-state index is 13.7. The molecule has 1 aromatic carbocycles. The van der Waals surface area contributed by atoms with Gasteiger partial charge in [-0.25, -0.2) is 8.78 Å². The number of nitrogens with zero attached hydrogens (tertiary/aromatic N) is 1. The summed E-state index contributed by atoms with van der Waals surface area (Å²) in [6.07, 6.45) is 0.593. The first-order valence-corrected chi connectivity index (χ1v) is 6.16. The molecule has 0 spiro atoms. The van der Waals surface area contributed by atoms with Crippen LogP contribution in [0.2, 0.25) is 0 Å². The summed E-state index contributed by atoms with van der Waals surface area (Å²) in [4.78, 5) is 0.967. The first-order chi connectivity index (χ1) is 8.58. The van der Waals surface area contributed by atoms with Crippen molar-refractivity contribution in [2.24, 2.45) is 0 Å². The first-order valence-electron chi connectivity index (χ1n) is 5.35. The number of halogens is 2. The summed E-state index contributed by atoms with van der Waals surface area (Å²) < 4.78 is 26.6. The number of thiophene rings is 1. The molecule has 0 aliphatic heterocycles. The Labute approximate surface area is 107 Å². The maximum atomic E-state index is 13.7. The zero-order chi connectivity index (χ0) is 13.3. The lowest BCUT2D eigenvalue weighted by molar-refractivity contribution is 0.586. The van der Waals surface area contributed by atoms with E-state index in [1.54, 1.807) is 0 Å². The minimum absolute atomic E-state index is 0.284. The van der Waals surface area contributed by atoms with E-state index in [2.05, 4.69) is 0 Å². The van der Waals surface area contributed by atoms with Crippen molar-refractivity contribution >= 4 is 17.0 Å². The second kappa shape index (κ2) is 4.75. The van der Waals surface area contributed by atoms with Gasteiger partial charge in [-0.1, -0.05) is 6.92 Å². The van der Waals surface area contributed by atoms with Crippen LogP contribution in [-0.2, 0) is 6.42 Å². The third kappa shape index (κ3) is 1.95. The van der Waals surface area contributed by atoms with Gasteiger partial charge in [0.2, 0.25) is 0 Å². The molecule has 0 aliphatic carbocycles. The first kappa shape index (κ1) is 12.5. The molecule has 0 unspecified atom stereocenters. The SMILES string of the molecule is CCc1c(-c2ccc(F)cc2F)sc(C#N)c1N. The number of hydrogen-bond donors (Lipinski definition) is 1. The molecule has 1 aromatic heterocycles. The van der Waals surface area contributed by atoms with E-state index in [-0.39, 0.29) is 5.56 Å². The zero-order valence-corrected chi connectivity index (χ0v) is 10.4. The third-order valence-corrected chi connectivity index (χ3v) is 3.86. The highest BCUT2D eigenvalue weighted by Gasteiger charge is 2.18. The Morgan fingerprint density at radius 3 is 2.67 bits per heavy atom. The van der Waals surface area contributed by atoms with Crippen LogP contribution in [0.1, 0.15) is 17.4 Å². The molecule has 0 amide bonds. The van der Waals surface area contributed by atoms with Gasteiger partial charge in [0.1, 0.15) is 22.6 Å². The minimum atomic E-state index is -0.643. The fourth-order valence-electron chi connectivity index (χ4n) is 1.80. The summed E-state index contributed by atoms with van der Waals surface area (Å²) in [6.45, 7) is 1.88. The van der Waals surface area contributed by atoms with E-state index in [1.807, 2.05) is 13.0 Å². The van der Waals surface area contributed by atoms with Crippen molar-refractivity contribution in [1.29, 1.82) is 5.26 Å². The smallest absolute Gasteiger partial charge is 0.134 e. The lowest BCUT2D eigenvalue weighted by Gasteiger charge is -2.04. The van der Waals surface area contributed by atoms with Crippen LogP contribution in [0.15, 0.2) is 18.2 Å². The molecule has 0 atom stereocenters. The van der Waals surface area contributed by atoms with E-state index in [0.29, 0.717) is 21.9 Å². The number of rotatable bonds is 2. The normalized spacial score (nSPS) is 10.3. The van der Waals surface area contributed by atoms with E-state index in [0.717, 1.165) is 23.0 Å². The van der Waals surface area contributed by atoms with Crippen LogP contribution < -0.4 is 5.73 Å². The van der Waals surface area contributed by atoms with Gasteiger partial charge in [-0.15, -0.1) is 11.3 Å². The number of benzene rings is 1. The molecular weight excluding hydrogens is 254 g/mol. The van der Waals surface area contributed by atoms with E-state index in [9.17, 15) is 8.78 Å². The number of nitriles is 1. The summed E-state index contributed by atoms with van der Waals surface area (Å²) in [7, 11) is 0. The van der Waals surface area contributed by atoms with Crippen LogP contribution >= 0.6 is 11.3 Å². The van der Waals surface area contributed by atoms with E-state index >= 15 is 0 Å². The number of nitrogens with two attached hydrogens (primary N) is 1. The largest absolute Gasteiger partial charge is 0.397 e. The average Bonchev–Trinajstić information content (AvgIpc) is 2.65. The molecule has 2 nitrogen and oxygen atoms in total. The molecular formula is C13H10F2N2S. The van der Waals surface area contributed by atoms with Crippen LogP contribution in [0.4, 0.5) is 14.5 Å². The van der Waals surface area contributed by atoms with Gasteiger partial charge in [0.15, 0.2) is 0 Å². The van der Waals surface area contributed by atoms with Crippen molar-refractivity contribution in [3.05, 3.63) is 40.3 Å². The molecule has 2 aromatic rings. The highest BCUT2D eigenvalue weighted by Crippen LogP contribution is 2.39. The fraction of sp³-hybridized carbons (Fsp3) is 0.154. The average molecular weight is 264 g/mol. The Bertz CT molecular complexity index is 641. The van der Waals surface area contributed by atoms with Crippen LogP contribution in [-0.4, -0.2) is 0 Å². The highest BCUT2D eigenvalue weighted by molar-refractivity contribution is 7.16. The van der Waals surface area contributed by atoms with E-state index < -0.39 is 11.6 Å². The van der Waals surface area contributed by atoms with Crippen molar-refractivity contribution in [2.45, 2.75) is 13.3 Å². The van der Waals surface area contributed by atoms with Crippen molar-refractivity contribution in [3.63, 3.8) is 0 Å². The summed E-state index contributed by atoms with van der Waals surface area (Å²) in [5.74, 6) is -1.27. The molecule has 2 rings (SSSR count). The van der Waals surface area contributed by atoms with E-state index in [4.69, 9.17) is 11.0 Å². The second-order valence-corrected chi connectivity index (χ2v) is 4.76. The zero-order valence-electron chi connectivity index (χ0n) is 9.63. The van der Waals surface area contributed by atoms with Crippen LogP contribution in [0.5, 0.6) is 0 Å². The molecule has 1 heterocycles. The Morgan fingerprint density at radius 1 is 1.39 bits per heavy atom. The number of hydrogen-bond acceptors (Lipinski definition) is 3. The minimum Gasteiger partial charge on any atom is -0.397 e.